The van der Waals surface area contributed by atoms with Gasteiger partial charge in [0, 0.05) is 18.7 Å². The highest BCUT2D eigenvalue weighted by molar-refractivity contribution is 7.89. The Kier molecular flexibility index (Phi) is 6.12. The van der Waals surface area contributed by atoms with Crippen LogP contribution in [-0.4, -0.2) is 44.2 Å². The Balaban J connectivity index is 1.73. The average Bonchev–Trinajstić information content (AvgIpc) is 3.22. The first kappa shape index (κ1) is 20.4. The second kappa shape index (κ2) is 8.38. The Hall–Kier alpha value is -2.29. The van der Waals surface area contributed by atoms with Gasteiger partial charge in [0.1, 0.15) is 10.7 Å². The first-order valence-electron chi connectivity index (χ1n) is 8.54. The molecule has 6 nitrogen and oxygen atoms in total. The second-order valence-corrected chi connectivity index (χ2v) is 8.58. The molecule has 0 atom stereocenters. The molecule has 0 aliphatic carbocycles. The number of ether oxygens (including phenoxy) is 1. The van der Waals surface area contributed by atoms with Crippen molar-refractivity contribution in [3.05, 3.63) is 64.4 Å². The van der Waals surface area contributed by atoms with Gasteiger partial charge >= 0.3 is 5.97 Å². The number of ketones is 1. The van der Waals surface area contributed by atoms with Crippen molar-refractivity contribution in [1.29, 1.82) is 0 Å². The van der Waals surface area contributed by atoms with Crippen molar-refractivity contribution in [2.24, 2.45) is 0 Å². The summed E-state index contributed by atoms with van der Waals surface area (Å²) in [6.45, 7) is 0.250. The van der Waals surface area contributed by atoms with Crippen molar-refractivity contribution >= 4 is 33.4 Å². The third kappa shape index (κ3) is 4.40. The maximum absolute atomic E-state index is 12.9. The van der Waals surface area contributed by atoms with Crippen LogP contribution in [0, 0.1) is 5.82 Å². The zero-order chi connectivity index (χ0) is 20.3. The summed E-state index contributed by atoms with van der Waals surface area (Å²) in [6.07, 6.45) is 1.54. The molecule has 1 saturated heterocycles. The Bertz CT molecular complexity index is 1000. The summed E-state index contributed by atoms with van der Waals surface area (Å²) in [7, 11) is -3.81. The number of hydrogen-bond acceptors (Lipinski definition) is 5. The van der Waals surface area contributed by atoms with Crippen LogP contribution < -0.4 is 0 Å². The molecular weight excluding hydrogens is 409 g/mol. The van der Waals surface area contributed by atoms with E-state index in [1.807, 2.05) is 0 Å². The summed E-state index contributed by atoms with van der Waals surface area (Å²) in [6, 6.07) is 8.62. The fraction of sp³-hybridized carbons (Fsp3) is 0.263. The van der Waals surface area contributed by atoms with Crippen LogP contribution in [-0.2, 0) is 14.8 Å². The summed E-state index contributed by atoms with van der Waals surface area (Å²) in [5, 5.41) is 0.00541. The van der Waals surface area contributed by atoms with Gasteiger partial charge in [0.2, 0.25) is 10.0 Å². The molecule has 0 aromatic heterocycles. The van der Waals surface area contributed by atoms with E-state index in [2.05, 4.69) is 0 Å². The Morgan fingerprint density at radius 2 is 1.64 bits per heavy atom. The standard InChI is InChI=1S/C19H17ClFNO5S/c20-16-8-5-14(11-18(16)28(25,26)22-9-1-2-10-22)19(24)27-12-17(23)13-3-6-15(21)7-4-13/h3-8,11H,1-2,9-10,12H2. The molecule has 0 unspecified atom stereocenters. The van der Waals surface area contributed by atoms with Crippen LogP contribution in [0.2, 0.25) is 5.02 Å². The number of Topliss-reactive ketones (excluding diaryl/α,β-unsaturated/α-hetero) is 1. The smallest absolute Gasteiger partial charge is 0.338 e. The number of sulfonamides is 1. The molecule has 3 rings (SSSR count). The van der Waals surface area contributed by atoms with Gasteiger partial charge in [-0.05, 0) is 55.3 Å². The number of halogens is 2. The normalized spacial score (nSPS) is 14.8. The lowest BCUT2D eigenvalue weighted by molar-refractivity contribution is 0.0474. The summed E-state index contributed by atoms with van der Waals surface area (Å²) in [4.78, 5) is 24.1. The molecular formula is C19H17ClFNO5S. The number of hydrogen-bond donors (Lipinski definition) is 0. The van der Waals surface area contributed by atoms with Gasteiger partial charge in [0.05, 0.1) is 10.6 Å². The molecule has 0 spiro atoms. The fourth-order valence-corrected chi connectivity index (χ4v) is 4.85. The van der Waals surface area contributed by atoms with Crippen LogP contribution in [0.15, 0.2) is 47.4 Å². The first-order valence-corrected chi connectivity index (χ1v) is 10.4. The van der Waals surface area contributed by atoms with Crippen molar-refractivity contribution in [2.75, 3.05) is 19.7 Å². The van der Waals surface area contributed by atoms with Gasteiger partial charge < -0.3 is 4.74 Å². The quantitative estimate of drug-likeness (QED) is 0.524. The lowest BCUT2D eigenvalue weighted by Crippen LogP contribution is -2.28. The van der Waals surface area contributed by atoms with Gasteiger partial charge in [0.15, 0.2) is 12.4 Å². The molecule has 0 radical (unpaired) electrons. The van der Waals surface area contributed by atoms with Gasteiger partial charge in [-0.3, -0.25) is 4.79 Å². The fourth-order valence-electron chi connectivity index (χ4n) is 2.83. The number of benzene rings is 2. The van der Waals surface area contributed by atoms with Crippen LogP contribution in [0.3, 0.4) is 0 Å². The minimum atomic E-state index is -3.81. The molecule has 1 aliphatic rings. The highest BCUT2D eigenvalue weighted by Crippen LogP contribution is 2.28. The molecule has 148 valence electrons. The van der Waals surface area contributed by atoms with E-state index in [0.29, 0.717) is 13.1 Å². The van der Waals surface area contributed by atoms with E-state index in [9.17, 15) is 22.4 Å². The monoisotopic (exact) mass is 425 g/mol. The molecule has 0 N–H and O–H groups in total. The van der Waals surface area contributed by atoms with Crippen molar-refractivity contribution in [1.82, 2.24) is 4.31 Å². The van der Waals surface area contributed by atoms with E-state index in [4.69, 9.17) is 16.3 Å². The molecule has 28 heavy (non-hydrogen) atoms. The Morgan fingerprint density at radius 3 is 2.29 bits per heavy atom. The first-order chi connectivity index (χ1) is 13.3. The van der Waals surface area contributed by atoms with Crippen molar-refractivity contribution in [3.63, 3.8) is 0 Å². The molecule has 1 fully saturated rings. The summed E-state index contributed by atoms with van der Waals surface area (Å²) >= 11 is 6.04. The molecule has 0 amide bonds. The van der Waals surface area contributed by atoms with Crippen LogP contribution in [0.1, 0.15) is 33.6 Å². The lowest BCUT2D eigenvalue weighted by atomic mass is 10.1. The zero-order valence-electron chi connectivity index (χ0n) is 14.7. The predicted octanol–water partition coefficient (Wildman–Crippen LogP) is 3.30. The Labute approximate surface area is 166 Å². The van der Waals surface area contributed by atoms with E-state index < -0.39 is 34.2 Å². The minimum absolute atomic E-state index is 0.00541. The SMILES string of the molecule is O=C(COC(=O)c1ccc(Cl)c(S(=O)(=O)N2CCCC2)c1)c1ccc(F)cc1. The number of rotatable bonds is 6. The highest BCUT2D eigenvalue weighted by atomic mass is 35.5. The van der Waals surface area contributed by atoms with E-state index in [0.717, 1.165) is 31.0 Å². The lowest BCUT2D eigenvalue weighted by Gasteiger charge is -2.17. The Morgan fingerprint density at radius 1 is 1.04 bits per heavy atom. The average molecular weight is 426 g/mol. The third-order valence-corrected chi connectivity index (χ3v) is 6.73. The van der Waals surface area contributed by atoms with Crippen LogP contribution in [0.25, 0.3) is 0 Å². The molecule has 2 aromatic carbocycles. The van der Waals surface area contributed by atoms with Crippen molar-refractivity contribution in [2.45, 2.75) is 17.7 Å². The van der Waals surface area contributed by atoms with E-state index in [1.54, 1.807) is 0 Å². The van der Waals surface area contributed by atoms with Gasteiger partial charge in [-0.25, -0.2) is 17.6 Å². The third-order valence-electron chi connectivity index (χ3n) is 4.35. The maximum atomic E-state index is 12.9. The molecule has 1 aliphatic heterocycles. The number of carbonyl (C=O) groups excluding carboxylic acids is 2. The summed E-state index contributed by atoms with van der Waals surface area (Å²) < 4.78 is 44.6. The van der Waals surface area contributed by atoms with Crippen molar-refractivity contribution < 1.29 is 27.1 Å². The molecule has 2 aromatic rings. The molecule has 0 bridgehead atoms. The topological polar surface area (TPSA) is 80.8 Å². The number of esters is 1. The maximum Gasteiger partial charge on any atom is 0.338 e. The van der Waals surface area contributed by atoms with E-state index in [-0.39, 0.29) is 21.0 Å². The number of nitrogens with zero attached hydrogens (tertiary/aromatic N) is 1. The van der Waals surface area contributed by atoms with Crippen molar-refractivity contribution in [3.8, 4) is 0 Å². The van der Waals surface area contributed by atoms with Crippen LogP contribution >= 0.6 is 11.6 Å². The summed E-state index contributed by atoms with van der Waals surface area (Å²) in [5.74, 6) is -1.85. The van der Waals surface area contributed by atoms with Gasteiger partial charge in [0.25, 0.3) is 0 Å². The highest BCUT2D eigenvalue weighted by Gasteiger charge is 2.30. The van der Waals surface area contributed by atoms with E-state index in [1.165, 1.54) is 28.6 Å². The summed E-state index contributed by atoms with van der Waals surface area (Å²) in [5.41, 5.74) is 0.164. The van der Waals surface area contributed by atoms with Gasteiger partial charge in [-0.1, -0.05) is 11.6 Å². The van der Waals surface area contributed by atoms with E-state index >= 15 is 0 Å². The molecule has 9 heteroatoms. The molecule has 1 heterocycles. The van der Waals surface area contributed by atoms with Gasteiger partial charge in [-0.2, -0.15) is 4.31 Å². The zero-order valence-corrected chi connectivity index (χ0v) is 16.3. The second-order valence-electron chi connectivity index (χ2n) is 6.26. The minimum Gasteiger partial charge on any atom is -0.454 e. The largest absolute Gasteiger partial charge is 0.454 e. The van der Waals surface area contributed by atoms with Crippen LogP contribution in [0.5, 0.6) is 0 Å². The molecule has 0 saturated carbocycles. The van der Waals surface area contributed by atoms with Gasteiger partial charge in [-0.15, -0.1) is 0 Å². The predicted molar refractivity (Wildman–Crippen MR) is 100 cm³/mol. The van der Waals surface area contributed by atoms with Crippen LogP contribution in [0.4, 0.5) is 4.39 Å². The number of carbonyl (C=O) groups is 2.